The zero-order valence-corrected chi connectivity index (χ0v) is 13.0. The Hall–Kier alpha value is -1.26. The van der Waals surface area contributed by atoms with Crippen LogP contribution in [0.2, 0.25) is 0 Å². The second-order valence-corrected chi connectivity index (χ2v) is 5.49. The van der Waals surface area contributed by atoms with Crippen molar-refractivity contribution in [3.8, 4) is 11.5 Å². The molecular formula is C16H26N2O2. The van der Waals surface area contributed by atoms with Gasteiger partial charge in [-0.3, -0.25) is 4.90 Å². The molecule has 1 aromatic carbocycles. The van der Waals surface area contributed by atoms with Crippen molar-refractivity contribution in [1.29, 1.82) is 0 Å². The predicted octanol–water partition coefficient (Wildman–Crippen LogP) is 2.31. The van der Waals surface area contributed by atoms with Gasteiger partial charge in [0.1, 0.15) is 11.5 Å². The van der Waals surface area contributed by atoms with Gasteiger partial charge in [-0.1, -0.05) is 0 Å². The van der Waals surface area contributed by atoms with Gasteiger partial charge in [0.05, 0.1) is 14.2 Å². The van der Waals surface area contributed by atoms with Crippen LogP contribution in [0.1, 0.15) is 24.9 Å². The highest BCUT2D eigenvalue weighted by Crippen LogP contribution is 2.34. The molecule has 0 amide bonds. The quantitative estimate of drug-likeness (QED) is 0.866. The highest BCUT2D eigenvalue weighted by atomic mass is 16.5. The summed E-state index contributed by atoms with van der Waals surface area (Å²) in [5, 5.41) is 3.28. The Balaban J connectivity index is 2.14. The number of likely N-dealkylation sites (tertiary alicyclic amines) is 1. The van der Waals surface area contributed by atoms with Crippen LogP contribution < -0.4 is 14.8 Å². The van der Waals surface area contributed by atoms with Crippen LogP contribution in [0.25, 0.3) is 0 Å². The van der Waals surface area contributed by atoms with E-state index in [1.807, 2.05) is 19.2 Å². The Morgan fingerprint density at radius 3 is 2.80 bits per heavy atom. The average Bonchev–Trinajstić information content (AvgIpc) is 2.94. The Morgan fingerprint density at radius 2 is 2.15 bits per heavy atom. The lowest BCUT2D eigenvalue weighted by atomic mass is 10.1. The molecule has 0 aromatic heterocycles. The number of benzene rings is 1. The number of nitrogens with zero attached hydrogens (tertiary/aromatic N) is 1. The van der Waals surface area contributed by atoms with Crippen LogP contribution in [0, 0.1) is 5.92 Å². The molecule has 1 aliphatic rings. The van der Waals surface area contributed by atoms with Gasteiger partial charge in [0.2, 0.25) is 0 Å². The molecule has 1 aliphatic heterocycles. The second kappa shape index (κ2) is 6.95. The molecule has 0 spiro atoms. The van der Waals surface area contributed by atoms with Gasteiger partial charge in [-0.2, -0.15) is 0 Å². The van der Waals surface area contributed by atoms with E-state index >= 15 is 0 Å². The largest absolute Gasteiger partial charge is 0.497 e. The minimum absolute atomic E-state index is 0.349. The summed E-state index contributed by atoms with van der Waals surface area (Å²) in [5.41, 5.74) is 1.21. The van der Waals surface area contributed by atoms with Crippen LogP contribution >= 0.6 is 0 Å². The SMILES string of the molecule is CNCC1CCN(C(C)c2cc(OC)ccc2OC)C1. The van der Waals surface area contributed by atoms with Crippen molar-refractivity contribution in [2.24, 2.45) is 5.92 Å². The molecule has 1 aromatic rings. The number of ether oxygens (including phenoxy) is 2. The average molecular weight is 278 g/mol. The minimum Gasteiger partial charge on any atom is -0.497 e. The van der Waals surface area contributed by atoms with Crippen LogP contribution in [0.3, 0.4) is 0 Å². The summed E-state index contributed by atoms with van der Waals surface area (Å²) in [6.45, 7) is 5.63. The molecule has 1 heterocycles. The standard InChI is InChI=1S/C16H26N2O2/c1-12(18-8-7-13(11-18)10-17-2)15-9-14(19-3)5-6-16(15)20-4/h5-6,9,12-13,17H,7-8,10-11H2,1-4H3. The van der Waals surface area contributed by atoms with Crippen molar-refractivity contribution in [2.45, 2.75) is 19.4 Å². The second-order valence-electron chi connectivity index (χ2n) is 5.49. The lowest BCUT2D eigenvalue weighted by Gasteiger charge is -2.26. The topological polar surface area (TPSA) is 33.7 Å². The van der Waals surface area contributed by atoms with Crippen molar-refractivity contribution in [1.82, 2.24) is 10.2 Å². The molecule has 2 unspecified atom stereocenters. The van der Waals surface area contributed by atoms with Crippen molar-refractivity contribution in [3.05, 3.63) is 23.8 Å². The highest BCUT2D eigenvalue weighted by Gasteiger charge is 2.27. The van der Waals surface area contributed by atoms with Gasteiger partial charge in [0, 0.05) is 18.2 Å². The number of rotatable bonds is 6. The molecular weight excluding hydrogens is 252 g/mol. The zero-order chi connectivity index (χ0) is 14.5. The predicted molar refractivity (Wildman–Crippen MR) is 81.6 cm³/mol. The summed E-state index contributed by atoms with van der Waals surface area (Å²) in [5.74, 6) is 2.58. The monoisotopic (exact) mass is 278 g/mol. The highest BCUT2D eigenvalue weighted by molar-refractivity contribution is 5.42. The summed E-state index contributed by atoms with van der Waals surface area (Å²) in [6.07, 6.45) is 1.26. The molecule has 20 heavy (non-hydrogen) atoms. The van der Waals surface area contributed by atoms with E-state index in [1.54, 1.807) is 14.2 Å². The molecule has 1 saturated heterocycles. The lowest BCUT2D eigenvalue weighted by molar-refractivity contribution is 0.245. The van der Waals surface area contributed by atoms with Crippen LogP contribution in [-0.2, 0) is 0 Å². The summed E-state index contributed by atoms with van der Waals surface area (Å²) in [4.78, 5) is 2.53. The maximum Gasteiger partial charge on any atom is 0.123 e. The van der Waals surface area contributed by atoms with E-state index in [1.165, 1.54) is 12.0 Å². The lowest BCUT2D eigenvalue weighted by Crippen LogP contribution is -2.27. The van der Waals surface area contributed by atoms with Crippen LogP contribution in [0.4, 0.5) is 0 Å². The van der Waals surface area contributed by atoms with E-state index in [-0.39, 0.29) is 0 Å². The van der Waals surface area contributed by atoms with Gasteiger partial charge in [-0.25, -0.2) is 0 Å². The first-order valence-corrected chi connectivity index (χ1v) is 7.30. The van der Waals surface area contributed by atoms with Crippen LogP contribution in [0.15, 0.2) is 18.2 Å². The third-order valence-electron chi connectivity index (χ3n) is 4.24. The fourth-order valence-electron chi connectivity index (χ4n) is 3.03. The van der Waals surface area contributed by atoms with Crippen molar-refractivity contribution in [3.63, 3.8) is 0 Å². The summed E-state index contributed by atoms with van der Waals surface area (Å²) in [6, 6.07) is 6.38. The van der Waals surface area contributed by atoms with Crippen molar-refractivity contribution < 1.29 is 9.47 Å². The number of hydrogen-bond acceptors (Lipinski definition) is 4. The molecule has 1 fully saturated rings. The first kappa shape index (κ1) is 15.1. The van der Waals surface area contributed by atoms with Gasteiger partial charge in [0.25, 0.3) is 0 Å². The van der Waals surface area contributed by atoms with Gasteiger partial charge in [-0.05, 0) is 57.6 Å². The van der Waals surface area contributed by atoms with Gasteiger partial charge >= 0.3 is 0 Å². The van der Waals surface area contributed by atoms with E-state index in [0.717, 1.165) is 37.1 Å². The van der Waals surface area contributed by atoms with E-state index in [0.29, 0.717) is 6.04 Å². The first-order chi connectivity index (χ1) is 9.69. The molecule has 2 atom stereocenters. The molecule has 112 valence electrons. The fraction of sp³-hybridized carbons (Fsp3) is 0.625. The molecule has 4 nitrogen and oxygen atoms in total. The molecule has 0 bridgehead atoms. The number of nitrogens with one attached hydrogen (secondary N) is 1. The normalized spacial score (nSPS) is 20.9. The van der Waals surface area contributed by atoms with E-state index < -0.39 is 0 Å². The van der Waals surface area contributed by atoms with E-state index in [9.17, 15) is 0 Å². The Labute approximate surface area is 122 Å². The third kappa shape index (κ3) is 3.25. The van der Waals surface area contributed by atoms with Crippen LogP contribution in [-0.4, -0.2) is 45.8 Å². The molecule has 0 saturated carbocycles. The minimum atomic E-state index is 0.349. The maximum atomic E-state index is 5.51. The molecule has 0 aliphatic carbocycles. The summed E-state index contributed by atoms with van der Waals surface area (Å²) >= 11 is 0. The van der Waals surface area contributed by atoms with Gasteiger partial charge in [0.15, 0.2) is 0 Å². The molecule has 1 N–H and O–H groups in total. The smallest absolute Gasteiger partial charge is 0.123 e. The Kier molecular flexibility index (Phi) is 5.26. The molecule has 2 rings (SSSR count). The summed E-state index contributed by atoms with van der Waals surface area (Å²) < 4.78 is 10.8. The van der Waals surface area contributed by atoms with Crippen molar-refractivity contribution >= 4 is 0 Å². The molecule has 0 radical (unpaired) electrons. The van der Waals surface area contributed by atoms with Crippen molar-refractivity contribution in [2.75, 3.05) is 40.9 Å². The third-order valence-corrected chi connectivity index (χ3v) is 4.24. The van der Waals surface area contributed by atoms with Gasteiger partial charge < -0.3 is 14.8 Å². The van der Waals surface area contributed by atoms with Crippen LogP contribution in [0.5, 0.6) is 11.5 Å². The number of hydrogen-bond donors (Lipinski definition) is 1. The fourth-order valence-corrected chi connectivity index (χ4v) is 3.03. The van der Waals surface area contributed by atoms with Gasteiger partial charge in [-0.15, -0.1) is 0 Å². The zero-order valence-electron chi connectivity index (χ0n) is 13.0. The Morgan fingerprint density at radius 1 is 1.35 bits per heavy atom. The Bertz CT molecular complexity index is 436. The maximum absolute atomic E-state index is 5.51. The number of methoxy groups -OCH3 is 2. The van der Waals surface area contributed by atoms with E-state index in [4.69, 9.17) is 9.47 Å². The molecule has 4 heteroatoms. The summed E-state index contributed by atoms with van der Waals surface area (Å²) in [7, 11) is 5.46. The first-order valence-electron chi connectivity index (χ1n) is 7.30. The van der Waals surface area contributed by atoms with E-state index in [2.05, 4.69) is 23.2 Å².